The van der Waals surface area contributed by atoms with Crippen LogP contribution in [0.2, 0.25) is 0 Å². The summed E-state index contributed by atoms with van der Waals surface area (Å²) in [5.41, 5.74) is -0.952. The normalized spacial score (nSPS) is 19.0. The van der Waals surface area contributed by atoms with Crippen molar-refractivity contribution in [2.24, 2.45) is 5.92 Å². The van der Waals surface area contributed by atoms with E-state index in [0.29, 0.717) is 10.4 Å². The van der Waals surface area contributed by atoms with E-state index in [1.165, 1.54) is 12.1 Å². The summed E-state index contributed by atoms with van der Waals surface area (Å²) in [6, 6.07) is 15.1. The fourth-order valence-electron chi connectivity index (χ4n) is 6.29. The smallest absolute Gasteiger partial charge is 0.372 e. The number of hydrogen-bond donors (Lipinski definition) is 1. The van der Waals surface area contributed by atoms with E-state index in [9.17, 15) is 45.5 Å². The highest BCUT2D eigenvalue weighted by molar-refractivity contribution is 8.00. The Morgan fingerprint density at radius 3 is 2.08 bits per heavy atom. The molecule has 1 fully saturated rings. The first-order valence-electron chi connectivity index (χ1n) is 15.4. The number of nitrogens with zero attached hydrogens (tertiary/aromatic N) is 3. The van der Waals surface area contributed by atoms with Gasteiger partial charge in [0, 0.05) is 35.3 Å². The van der Waals surface area contributed by atoms with Gasteiger partial charge in [-0.15, -0.1) is 0 Å². The van der Waals surface area contributed by atoms with Gasteiger partial charge < -0.3 is 10.2 Å². The molecular weight excluding hydrogens is 707 g/mol. The Balaban J connectivity index is 1.40. The zero-order valence-electron chi connectivity index (χ0n) is 26.3. The number of halogens is 6. The van der Waals surface area contributed by atoms with E-state index in [1.807, 2.05) is 26.0 Å². The number of nitrogens with one attached hydrogen (secondary N) is 1. The number of thioether (sulfide) groups is 1. The summed E-state index contributed by atoms with van der Waals surface area (Å²) in [6.45, 7) is 4.80. The Kier molecular flexibility index (Phi) is 9.37. The van der Waals surface area contributed by atoms with Crippen LogP contribution < -0.4 is 20.0 Å². The molecule has 6 rings (SSSR count). The molecule has 4 aromatic rings. The summed E-state index contributed by atoms with van der Waals surface area (Å²) in [6.07, 6.45) is -9.38. The molecule has 3 atom stereocenters. The first kappa shape index (κ1) is 35.3. The van der Waals surface area contributed by atoms with Crippen LogP contribution in [0.25, 0.3) is 0 Å². The van der Waals surface area contributed by atoms with Crippen molar-refractivity contribution in [2.45, 2.75) is 48.9 Å². The van der Waals surface area contributed by atoms with Crippen molar-refractivity contribution in [3.63, 3.8) is 0 Å². The van der Waals surface area contributed by atoms with Crippen molar-refractivity contribution in [1.82, 2.24) is 4.57 Å². The highest BCUT2D eigenvalue weighted by atomic mass is 32.2. The maximum Gasteiger partial charge on any atom is 0.416 e. The molecule has 1 aromatic heterocycles. The number of rotatable bonds is 8. The van der Waals surface area contributed by atoms with Gasteiger partial charge in [-0.3, -0.25) is 23.7 Å². The lowest BCUT2D eigenvalue weighted by atomic mass is 9.83. The topological polar surface area (TPSA) is 91.7 Å². The fourth-order valence-corrected chi connectivity index (χ4v) is 9.06. The van der Waals surface area contributed by atoms with E-state index in [2.05, 4.69) is 10.2 Å². The monoisotopic (exact) mass is 734 g/mol. The van der Waals surface area contributed by atoms with Crippen molar-refractivity contribution in [3.05, 3.63) is 104 Å². The summed E-state index contributed by atoms with van der Waals surface area (Å²) in [4.78, 5) is 57.2. The number of amides is 3. The molecule has 262 valence electrons. The van der Waals surface area contributed by atoms with Gasteiger partial charge >= 0.3 is 17.2 Å². The molecule has 0 aliphatic carbocycles. The summed E-state index contributed by atoms with van der Waals surface area (Å²) < 4.78 is 81.6. The van der Waals surface area contributed by atoms with Gasteiger partial charge in [0.05, 0.1) is 27.8 Å². The van der Waals surface area contributed by atoms with Gasteiger partial charge in [0.2, 0.25) is 17.7 Å². The minimum absolute atomic E-state index is 0.144. The van der Waals surface area contributed by atoms with Crippen molar-refractivity contribution in [2.75, 3.05) is 28.2 Å². The molecule has 0 bridgehead atoms. The van der Waals surface area contributed by atoms with Gasteiger partial charge in [0.1, 0.15) is 11.8 Å². The highest BCUT2D eigenvalue weighted by Crippen LogP contribution is 2.54. The van der Waals surface area contributed by atoms with Crippen LogP contribution in [0.3, 0.4) is 0 Å². The van der Waals surface area contributed by atoms with E-state index in [0.717, 1.165) is 87.7 Å². The van der Waals surface area contributed by atoms with E-state index >= 15 is 0 Å². The largest absolute Gasteiger partial charge is 0.416 e. The molecule has 3 aromatic carbocycles. The molecule has 0 spiro atoms. The van der Waals surface area contributed by atoms with E-state index in [-0.39, 0.29) is 16.4 Å². The van der Waals surface area contributed by atoms with Crippen LogP contribution in [-0.2, 0) is 33.3 Å². The van der Waals surface area contributed by atoms with Crippen LogP contribution in [0.4, 0.5) is 43.4 Å². The number of carbonyl (C=O) groups excluding carboxylic acids is 3. The predicted molar refractivity (Wildman–Crippen MR) is 178 cm³/mol. The fraction of sp³-hybridized carbons (Fsp3) is 0.294. The Bertz CT molecular complexity index is 2020. The molecule has 8 nitrogen and oxygen atoms in total. The van der Waals surface area contributed by atoms with Crippen LogP contribution in [0, 0.1) is 5.92 Å². The molecular formula is C34H28F6N4O4S2. The molecule has 0 unspecified atom stereocenters. The number of benzene rings is 3. The van der Waals surface area contributed by atoms with Crippen molar-refractivity contribution < 1.29 is 40.7 Å². The molecule has 3 amide bonds. The van der Waals surface area contributed by atoms with Crippen LogP contribution in [-0.4, -0.2) is 40.6 Å². The molecule has 3 heterocycles. The second kappa shape index (κ2) is 13.3. The maximum absolute atomic E-state index is 14.1. The van der Waals surface area contributed by atoms with Gasteiger partial charge in [-0.1, -0.05) is 47.4 Å². The molecule has 16 heteroatoms. The predicted octanol–water partition coefficient (Wildman–Crippen LogP) is 7.23. The van der Waals surface area contributed by atoms with E-state index in [1.54, 1.807) is 12.1 Å². The average molecular weight is 735 g/mol. The third kappa shape index (κ3) is 6.53. The number of hydrogen-bond acceptors (Lipinski definition) is 7. The first-order chi connectivity index (χ1) is 23.6. The Labute approximate surface area is 289 Å². The zero-order chi connectivity index (χ0) is 36.1. The van der Waals surface area contributed by atoms with Crippen LogP contribution in [0.15, 0.2) is 82.6 Å². The molecule has 0 radical (unpaired) electrons. The van der Waals surface area contributed by atoms with Gasteiger partial charge in [-0.05, 0) is 67.9 Å². The Morgan fingerprint density at radius 2 is 1.46 bits per heavy atom. The summed E-state index contributed by atoms with van der Waals surface area (Å²) in [5.74, 6) is -4.29. The summed E-state index contributed by atoms with van der Waals surface area (Å²) in [7, 11) is 0. The molecule has 0 saturated carbocycles. The summed E-state index contributed by atoms with van der Waals surface area (Å²) in [5, 5.41) is 1.43. The zero-order valence-corrected chi connectivity index (χ0v) is 28.0. The van der Waals surface area contributed by atoms with Crippen LogP contribution in [0.1, 0.15) is 41.3 Å². The molecule has 50 heavy (non-hydrogen) atoms. The lowest BCUT2D eigenvalue weighted by Crippen LogP contribution is -2.33. The van der Waals surface area contributed by atoms with Crippen LogP contribution >= 0.6 is 23.1 Å². The molecule has 2 aliphatic rings. The minimum Gasteiger partial charge on any atom is -0.372 e. The molecule has 1 saturated heterocycles. The number of anilines is 3. The third-order valence-corrected chi connectivity index (χ3v) is 11.2. The first-order valence-corrected chi connectivity index (χ1v) is 17.1. The average Bonchev–Trinajstić information content (AvgIpc) is 3.51. The maximum atomic E-state index is 14.1. The number of aromatic nitrogens is 1. The van der Waals surface area contributed by atoms with Crippen molar-refractivity contribution in [3.8, 4) is 0 Å². The standard InChI is InChI=1S/C34H28F6N4O4S2/c1-3-42(4-2)22-13-11-18(12-14-22)25-26-27(30(47)44(29(26)46)23-10-6-8-20(16-23)34(38,39)40)49-31-28(25)50-32(48)43(31)17-24(45)41-21-9-5-7-19(15-21)33(35,36)37/h5-16,25-27H,3-4,17H2,1-2H3,(H,41,45)/t25-,26-,27+/m0/s1. The molecule has 2 aliphatic heterocycles. The quantitative estimate of drug-likeness (QED) is 0.152. The Hall–Kier alpha value is -4.57. The van der Waals surface area contributed by atoms with Gasteiger partial charge in [0.25, 0.3) is 0 Å². The lowest BCUT2D eigenvalue weighted by molar-refractivity contribution is -0.138. The van der Waals surface area contributed by atoms with Gasteiger partial charge in [0.15, 0.2) is 0 Å². The Morgan fingerprint density at radius 1 is 0.840 bits per heavy atom. The number of carbonyl (C=O) groups is 3. The van der Waals surface area contributed by atoms with Gasteiger partial charge in [-0.25, -0.2) is 4.90 Å². The second-order valence-electron chi connectivity index (χ2n) is 11.6. The van der Waals surface area contributed by atoms with Crippen molar-refractivity contribution in [1.29, 1.82) is 0 Å². The molecule has 1 N–H and O–H groups in total. The van der Waals surface area contributed by atoms with E-state index in [4.69, 9.17) is 0 Å². The number of imide groups is 1. The summed E-state index contributed by atoms with van der Waals surface area (Å²) >= 11 is 1.63. The number of alkyl halides is 6. The van der Waals surface area contributed by atoms with E-state index < -0.39 is 69.7 Å². The van der Waals surface area contributed by atoms with Crippen molar-refractivity contribution >= 4 is 57.9 Å². The minimum atomic E-state index is -4.73. The lowest BCUT2D eigenvalue weighted by Gasteiger charge is -2.31. The highest BCUT2D eigenvalue weighted by Gasteiger charge is 2.57. The van der Waals surface area contributed by atoms with Crippen LogP contribution in [0.5, 0.6) is 0 Å². The second-order valence-corrected chi connectivity index (χ2v) is 13.7. The third-order valence-electron chi connectivity index (χ3n) is 8.64. The number of thiazole rings is 1. The number of fused-ring (bicyclic) bond motifs is 2. The van der Waals surface area contributed by atoms with Gasteiger partial charge in [-0.2, -0.15) is 26.3 Å². The SMILES string of the molecule is CCN(CC)c1ccc([C@@H]2c3sc(=O)n(CC(=O)Nc4cccc(C(F)(F)F)c4)c3S[C@H]3C(=O)N(c4cccc(C(F)(F)F)c4)C(=O)[C@@H]23)cc1.